The molecule has 3 nitrogen and oxygen atoms in total. The van der Waals surface area contributed by atoms with Gasteiger partial charge in [0.15, 0.2) is 17.5 Å². The molecule has 2 aliphatic heterocycles. The third-order valence-electron chi connectivity index (χ3n) is 4.64. The Hall–Kier alpha value is -1.11. The van der Waals surface area contributed by atoms with Crippen molar-refractivity contribution in [3.05, 3.63) is 35.1 Å². The fraction of sp³-hybridized carbons (Fsp3) is 0.625. The second kappa shape index (κ2) is 6.98. The zero-order chi connectivity index (χ0) is 15.5. The molecule has 2 fully saturated rings. The number of nitrogens with one attached hydrogen (secondary N) is 1. The van der Waals surface area contributed by atoms with Gasteiger partial charge in [0, 0.05) is 51.0 Å². The van der Waals surface area contributed by atoms with Crippen molar-refractivity contribution < 1.29 is 17.9 Å². The smallest absolute Gasteiger partial charge is 0.194 e. The number of benzene rings is 1. The monoisotopic (exact) mass is 314 g/mol. The Morgan fingerprint density at radius 1 is 1.05 bits per heavy atom. The summed E-state index contributed by atoms with van der Waals surface area (Å²) in [5, 5.41) is 3.26. The maximum absolute atomic E-state index is 14.3. The summed E-state index contributed by atoms with van der Waals surface area (Å²) in [7, 11) is 0. The zero-order valence-corrected chi connectivity index (χ0v) is 12.5. The lowest BCUT2D eigenvalue weighted by Crippen LogP contribution is -2.47. The van der Waals surface area contributed by atoms with Gasteiger partial charge in [-0.1, -0.05) is 6.07 Å². The zero-order valence-electron chi connectivity index (χ0n) is 12.5. The second-order valence-corrected chi connectivity index (χ2v) is 5.95. The molecular formula is C16H21F3N2O. The predicted octanol–water partition coefficient (Wildman–Crippen LogP) is 2.48. The maximum atomic E-state index is 14.3. The van der Waals surface area contributed by atoms with E-state index < -0.39 is 17.5 Å². The first-order valence-electron chi connectivity index (χ1n) is 7.84. The Labute approximate surface area is 128 Å². The molecule has 1 aromatic carbocycles. The average molecular weight is 314 g/mol. The van der Waals surface area contributed by atoms with Crippen molar-refractivity contribution in [1.29, 1.82) is 0 Å². The number of piperazine rings is 1. The van der Waals surface area contributed by atoms with Gasteiger partial charge in [0.25, 0.3) is 0 Å². The molecule has 6 heteroatoms. The van der Waals surface area contributed by atoms with Crippen molar-refractivity contribution in [2.24, 2.45) is 5.92 Å². The topological polar surface area (TPSA) is 24.5 Å². The Bertz CT molecular complexity index is 496. The molecule has 2 heterocycles. The minimum atomic E-state index is -1.37. The normalized spacial score (nSPS) is 22.7. The molecule has 1 aromatic rings. The van der Waals surface area contributed by atoms with Gasteiger partial charge in [0.2, 0.25) is 0 Å². The van der Waals surface area contributed by atoms with Crippen molar-refractivity contribution in [3.8, 4) is 0 Å². The molecular weight excluding hydrogens is 293 g/mol. The molecule has 122 valence electrons. The Morgan fingerprint density at radius 2 is 1.73 bits per heavy atom. The molecule has 2 saturated heterocycles. The summed E-state index contributed by atoms with van der Waals surface area (Å²) < 4.78 is 46.7. The Balaban J connectivity index is 1.94. The molecule has 22 heavy (non-hydrogen) atoms. The maximum Gasteiger partial charge on any atom is 0.194 e. The second-order valence-electron chi connectivity index (χ2n) is 5.95. The van der Waals surface area contributed by atoms with Crippen molar-refractivity contribution in [2.45, 2.75) is 18.9 Å². The van der Waals surface area contributed by atoms with Crippen molar-refractivity contribution >= 4 is 0 Å². The van der Waals surface area contributed by atoms with E-state index in [1.807, 2.05) is 0 Å². The van der Waals surface area contributed by atoms with Crippen LogP contribution in [-0.4, -0.2) is 44.3 Å². The lowest BCUT2D eigenvalue weighted by Gasteiger charge is -2.41. The average Bonchev–Trinajstić information content (AvgIpc) is 2.57. The van der Waals surface area contributed by atoms with Crippen LogP contribution >= 0.6 is 0 Å². The van der Waals surface area contributed by atoms with Crippen LogP contribution in [0.1, 0.15) is 24.4 Å². The quantitative estimate of drug-likeness (QED) is 0.868. The summed E-state index contributed by atoms with van der Waals surface area (Å²) in [6.07, 6.45) is 1.63. The lowest BCUT2D eigenvalue weighted by molar-refractivity contribution is 0.0200. The Kier molecular flexibility index (Phi) is 5.00. The van der Waals surface area contributed by atoms with Crippen molar-refractivity contribution in [3.63, 3.8) is 0 Å². The minimum Gasteiger partial charge on any atom is -0.381 e. The number of hydrogen-bond acceptors (Lipinski definition) is 3. The molecule has 0 spiro atoms. The summed E-state index contributed by atoms with van der Waals surface area (Å²) in [6.45, 7) is 4.48. The van der Waals surface area contributed by atoms with Crippen LogP contribution in [0.2, 0.25) is 0 Å². The van der Waals surface area contributed by atoms with Gasteiger partial charge in [0.05, 0.1) is 0 Å². The summed E-state index contributed by atoms with van der Waals surface area (Å²) in [4.78, 5) is 2.18. The Morgan fingerprint density at radius 3 is 2.41 bits per heavy atom. The molecule has 2 aliphatic rings. The van der Waals surface area contributed by atoms with E-state index in [1.165, 1.54) is 6.07 Å². The van der Waals surface area contributed by atoms with Crippen molar-refractivity contribution in [2.75, 3.05) is 39.4 Å². The molecule has 0 amide bonds. The third kappa shape index (κ3) is 3.14. The van der Waals surface area contributed by atoms with Gasteiger partial charge in [-0.3, -0.25) is 4.90 Å². The molecule has 0 bridgehead atoms. The van der Waals surface area contributed by atoms with E-state index in [-0.39, 0.29) is 17.5 Å². The van der Waals surface area contributed by atoms with Crippen LogP contribution in [0.3, 0.4) is 0 Å². The van der Waals surface area contributed by atoms with E-state index in [0.717, 1.165) is 45.1 Å². The fourth-order valence-corrected chi connectivity index (χ4v) is 3.51. The van der Waals surface area contributed by atoms with Crippen molar-refractivity contribution in [1.82, 2.24) is 10.2 Å². The van der Waals surface area contributed by atoms with Gasteiger partial charge < -0.3 is 10.1 Å². The predicted molar refractivity (Wildman–Crippen MR) is 77.0 cm³/mol. The van der Waals surface area contributed by atoms with Crippen LogP contribution in [0.4, 0.5) is 13.2 Å². The molecule has 3 rings (SSSR count). The van der Waals surface area contributed by atoms with Gasteiger partial charge >= 0.3 is 0 Å². The standard InChI is InChI=1S/C16H21F3N2O/c17-13-2-1-12(14(18)15(13)19)16(11-3-9-22-10-4-11)21-7-5-20-6-8-21/h1-2,11,16,20H,3-10H2/t16-/m1/s1. The van der Waals surface area contributed by atoms with Crippen LogP contribution in [-0.2, 0) is 4.74 Å². The molecule has 0 aliphatic carbocycles. The number of halogens is 3. The van der Waals surface area contributed by atoms with E-state index in [0.29, 0.717) is 13.2 Å². The van der Waals surface area contributed by atoms with Crippen LogP contribution in [0.5, 0.6) is 0 Å². The summed E-state index contributed by atoms with van der Waals surface area (Å²) in [6, 6.07) is 2.21. The fourth-order valence-electron chi connectivity index (χ4n) is 3.51. The lowest BCUT2D eigenvalue weighted by atomic mass is 9.85. The van der Waals surface area contributed by atoms with E-state index in [2.05, 4.69) is 10.2 Å². The van der Waals surface area contributed by atoms with E-state index in [1.54, 1.807) is 0 Å². The van der Waals surface area contributed by atoms with E-state index in [4.69, 9.17) is 4.74 Å². The minimum absolute atomic E-state index is 0.200. The van der Waals surface area contributed by atoms with E-state index >= 15 is 0 Å². The molecule has 0 saturated carbocycles. The number of rotatable bonds is 3. The number of nitrogens with zero attached hydrogens (tertiary/aromatic N) is 1. The number of ether oxygens (including phenoxy) is 1. The first-order valence-corrected chi connectivity index (χ1v) is 7.84. The first-order chi connectivity index (χ1) is 10.7. The summed E-state index contributed by atoms with van der Waals surface area (Å²) >= 11 is 0. The highest BCUT2D eigenvalue weighted by molar-refractivity contribution is 5.25. The summed E-state index contributed by atoms with van der Waals surface area (Å²) in [5.41, 5.74) is 0.271. The molecule has 0 aromatic heterocycles. The van der Waals surface area contributed by atoms with Crippen LogP contribution in [0.15, 0.2) is 12.1 Å². The third-order valence-corrected chi connectivity index (χ3v) is 4.64. The highest BCUT2D eigenvalue weighted by atomic mass is 19.2. The molecule has 1 atom stereocenters. The van der Waals surface area contributed by atoms with Gasteiger partial charge in [-0.15, -0.1) is 0 Å². The van der Waals surface area contributed by atoms with Gasteiger partial charge in [-0.25, -0.2) is 13.2 Å². The molecule has 0 unspecified atom stereocenters. The van der Waals surface area contributed by atoms with Gasteiger partial charge in [-0.2, -0.15) is 0 Å². The van der Waals surface area contributed by atoms with Crippen LogP contribution < -0.4 is 5.32 Å². The van der Waals surface area contributed by atoms with Gasteiger partial charge in [-0.05, 0) is 24.8 Å². The molecule has 0 radical (unpaired) electrons. The number of hydrogen-bond donors (Lipinski definition) is 1. The van der Waals surface area contributed by atoms with Gasteiger partial charge in [0.1, 0.15) is 0 Å². The SMILES string of the molecule is Fc1ccc([C@@H](C2CCOCC2)N2CCNCC2)c(F)c1F. The first kappa shape index (κ1) is 15.8. The van der Waals surface area contributed by atoms with Crippen LogP contribution in [0.25, 0.3) is 0 Å². The van der Waals surface area contributed by atoms with Crippen LogP contribution in [0, 0.1) is 23.4 Å². The largest absolute Gasteiger partial charge is 0.381 e. The van der Waals surface area contributed by atoms with E-state index in [9.17, 15) is 13.2 Å². The molecule has 1 N–H and O–H groups in total. The summed E-state index contributed by atoms with van der Waals surface area (Å²) in [5.74, 6) is -3.35. The highest BCUT2D eigenvalue weighted by Gasteiger charge is 2.34. The highest BCUT2D eigenvalue weighted by Crippen LogP contribution is 2.37.